The van der Waals surface area contributed by atoms with Crippen molar-refractivity contribution in [2.45, 2.75) is 6.92 Å². The first kappa shape index (κ1) is 15.0. The summed E-state index contributed by atoms with van der Waals surface area (Å²) >= 11 is 3.28. The number of benzene rings is 1. The van der Waals surface area contributed by atoms with Gasteiger partial charge in [-0.25, -0.2) is 0 Å². The van der Waals surface area contributed by atoms with Gasteiger partial charge in [-0.1, -0.05) is 0 Å². The number of rotatable bonds is 4. The average Bonchev–Trinajstić information content (AvgIpc) is 2.89. The lowest BCUT2D eigenvalue weighted by molar-refractivity contribution is -0.132. The Morgan fingerprint density at radius 2 is 2.05 bits per heavy atom. The summed E-state index contributed by atoms with van der Waals surface area (Å²) in [5.41, 5.74) is 6.03. The SMILES string of the molecule is COc1cc(-c2n[nH]nc2C(N)=O)cc(Br)c1OC(C)=O. The number of halogens is 1. The Labute approximate surface area is 127 Å². The molecule has 2 rings (SSSR count). The molecule has 9 heteroatoms. The minimum Gasteiger partial charge on any atom is -0.493 e. The van der Waals surface area contributed by atoms with Crippen LogP contribution < -0.4 is 15.2 Å². The fourth-order valence-corrected chi connectivity index (χ4v) is 2.23. The predicted molar refractivity (Wildman–Crippen MR) is 75.9 cm³/mol. The number of carbonyl (C=O) groups excluding carboxylic acids is 2. The third-order valence-electron chi connectivity index (χ3n) is 2.53. The number of aromatic amines is 1. The van der Waals surface area contributed by atoms with Crippen molar-refractivity contribution in [2.24, 2.45) is 5.73 Å². The maximum atomic E-state index is 11.3. The van der Waals surface area contributed by atoms with Crippen LogP contribution in [0.4, 0.5) is 0 Å². The molecular weight excluding hydrogens is 344 g/mol. The molecule has 0 aliphatic heterocycles. The van der Waals surface area contributed by atoms with Crippen LogP contribution in [0.25, 0.3) is 11.3 Å². The van der Waals surface area contributed by atoms with E-state index in [-0.39, 0.29) is 17.1 Å². The first-order chi connectivity index (χ1) is 9.93. The van der Waals surface area contributed by atoms with E-state index in [1.807, 2.05) is 0 Å². The summed E-state index contributed by atoms with van der Waals surface area (Å²) in [5, 5.41) is 9.93. The molecule has 0 atom stereocenters. The van der Waals surface area contributed by atoms with Gasteiger partial charge < -0.3 is 15.2 Å². The highest BCUT2D eigenvalue weighted by atomic mass is 79.9. The van der Waals surface area contributed by atoms with Crippen LogP contribution in [-0.2, 0) is 4.79 Å². The molecule has 0 unspecified atom stereocenters. The number of primary amides is 1. The van der Waals surface area contributed by atoms with Crippen LogP contribution in [0.5, 0.6) is 11.5 Å². The minimum absolute atomic E-state index is 0.00388. The topological polar surface area (TPSA) is 120 Å². The number of methoxy groups -OCH3 is 1. The van der Waals surface area contributed by atoms with Gasteiger partial charge in [-0.2, -0.15) is 15.4 Å². The lowest BCUT2D eigenvalue weighted by atomic mass is 10.1. The normalized spacial score (nSPS) is 10.2. The molecule has 21 heavy (non-hydrogen) atoms. The van der Waals surface area contributed by atoms with Gasteiger partial charge in [-0.15, -0.1) is 0 Å². The van der Waals surface area contributed by atoms with Crippen LogP contribution >= 0.6 is 15.9 Å². The Morgan fingerprint density at radius 1 is 1.33 bits per heavy atom. The van der Waals surface area contributed by atoms with Crippen molar-refractivity contribution in [1.82, 2.24) is 15.4 Å². The smallest absolute Gasteiger partial charge is 0.308 e. The Morgan fingerprint density at radius 3 is 2.62 bits per heavy atom. The van der Waals surface area contributed by atoms with Crippen molar-refractivity contribution in [3.8, 4) is 22.8 Å². The lowest BCUT2D eigenvalue weighted by Crippen LogP contribution is -2.12. The van der Waals surface area contributed by atoms with Crippen LogP contribution in [0.3, 0.4) is 0 Å². The van der Waals surface area contributed by atoms with Crippen molar-refractivity contribution in [1.29, 1.82) is 0 Å². The zero-order valence-electron chi connectivity index (χ0n) is 11.1. The maximum Gasteiger partial charge on any atom is 0.308 e. The van der Waals surface area contributed by atoms with E-state index in [2.05, 4.69) is 31.3 Å². The second-order valence-corrected chi connectivity index (χ2v) is 4.82. The standard InChI is InChI=1S/C12H11BrN4O4/c1-5(18)21-11-7(13)3-6(4-8(11)20-2)9-10(12(14)19)16-17-15-9/h3-4H,1-2H3,(H2,14,19)(H,15,16,17). The molecule has 3 N–H and O–H groups in total. The van der Waals surface area contributed by atoms with Gasteiger partial charge in [0.05, 0.1) is 11.6 Å². The van der Waals surface area contributed by atoms with Gasteiger partial charge in [0.1, 0.15) is 5.69 Å². The molecule has 2 aromatic rings. The average molecular weight is 355 g/mol. The number of amides is 1. The largest absolute Gasteiger partial charge is 0.493 e. The van der Waals surface area contributed by atoms with E-state index in [4.69, 9.17) is 15.2 Å². The van der Waals surface area contributed by atoms with E-state index in [0.29, 0.717) is 15.8 Å². The fourth-order valence-electron chi connectivity index (χ4n) is 1.70. The zero-order valence-corrected chi connectivity index (χ0v) is 12.7. The van der Waals surface area contributed by atoms with Gasteiger partial charge in [-0.05, 0) is 28.1 Å². The Bertz CT molecular complexity index is 713. The Hall–Kier alpha value is -2.42. The molecule has 0 aliphatic carbocycles. The van der Waals surface area contributed by atoms with E-state index in [1.165, 1.54) is 14.0 Å². The Kier molecular flexibility index (Phi) is 4.22. The van der Waals surface area contributed by atoms with Crippen molar-refractivity contribution in [3.63, 3.8) is 0 Å². The molecule has 0 saturated carbocycles. The number of esters is 1. The van der Waals surface area contributed by atoms with Crippen LogP contribution in [-0.4, -0.2) is 34.4 Å². The highest BCUT2D eigenvalue weighted by molar-refractivity contribution is 9.10. The minimum atomic E-state index is -0.710. The molecule has 0 spiro atoms. The number of hydrogen-bond donors (Lipinski definition) is 2. The number of nitrogens with zero attached hydrogens (tertiary/aromatic N) is 2. The second kappa shape index (κ2) is 5.92. The fraction of sp³-hybridized carbons (Fsp3) is 0.167. The lowest BCUT2D eigenvalue weighted by Gasteiger charge is -2.11. The first-order valence-corrected chi connectivity index (χ1v) is 6.50. The monoisotopic (exact) mass is 354 g/mol. The van der Waals surface area contributed by atoms with E-state index in [0.717, 1.165) is 0 Å². The molecule has 1 amide bonds. The number of nitrogens with two attached hydrogens (primary N) is 1. The first-order valence-electron chi connectivity index (χ1n) is 5.71. The van der Waals surface area contributed by atoms with Crippen molar-refractivity contribution >= 4 is 27.8 Å². The van der Waals surface area contributed by atoms with Gasteiger partial charge >= 0.3 is 5.97 Å². The van der Waals surface area contributed by atoms with Gasteiger partial charge in [0, 0.05) is 12.5 Å². The molecule has 0 bridgehead atoms. The number of hydrogen-bond acceptors (Lipinski definition) is 6. The number of aromatic nitrogens is 3. The van der Waals surface area contributed by atoms with Crippen LogP contribution in [0, 0.1) is 0 Å². The van der Waals surface area contributed by atoms with Crippen LogP contribution in [0.1, 0.15) is 17.4 Å². The van der Waals surface area contributed by atoms with E-state index in [1.54, 1.807) is 12.1 Å². The third kappa shape index (κ3) is 3.02. The van der Waals surface area contributed by atoms with Gasteiger partial charge in [-0.3, -0.25) is 9.59 Å². The second-order valence-electron chi connectivity index (χ2n) is 3.97. The number of nitrogens with one attached hydrogen (secondary N) is 1. The summed E-state index contributed by atoms with van der Waals surface area (Å²) in [5.74, 6) is -0.662. The molecule has 1 heterocycles. The van der Waals surface area contributed by atoms with E-state index < -0.39 is 11.9 Å². The van der Waals surface area contributed by atoms with E-state index >= 15 is 0 Å². The summed E-state index contributed by atoms with van der Waals surface area (Å²) in [6, 6.07) is 3.18. The zero-order chi connectivity index (χ0) is 15.6. The molecular formula is C12H11BrN4O4. The van der Waals surface area contributed by atoms with Gasteiger partial charge in [0.15, 0.2) is 17.2 Å². The highest BCUT2D eigenvalue weighted by Gasteiger charge is 2.20. The molecule has 0 aliphatic rings. The molecule has 0 fully saturated rings. The summed E-state index contributed by atoms with van der Waals surface area (Å²) in [6.07, 6.45) is 0. The van der Waals surface area contributed by atoms with Gasteiger partial charge in [0.2, 0.25) is 0 Å². The molecule has 0 saturated heterocycles. The van der Waals surface area contributed by atoms with Crippen molar-refractivity contribution in [3.05, 3.63) is 22.3 Å². The van der Waals surface area contributed by atoms with Crippen LogP contribution in [0.2, 0.25) is 0 Å². The van der Waals surface area contributed by atoms with Crippen molar-refractivity contribution < 1.29 is 19.1 Å². The predicted octanol–water partition coefficient (Wildman–Crippen LogP) is 1.27. The summed E-state index contributed by atoms with van der Waals surface area (Å²) in [7, 11) is 1.43. The summed E-state index contributed by atoms with van der Waals surface area (Å²) < 4.78 is 10.7. The maximum absolute atomic E-state index is 11.3. The molecule has 110 valence electrons. The molecule has 0 radical (unpaired) electrons. The highest BCUT2D eigenvalue weighted by Crippen LogP contribution is 2.39. The number of carbonyl (C=O) groups is 2. The molecule has 1 aromatic heterocycles. The summed E-state index contributed by atoms with van der Waals surface area (Å²) in [4.78, 5) is 22.4. The molecule has 1 aromatic carbocycles. The summed E-state index contributed by atoms with van der Waals surface area (Å²) in [6.45, 7) is 1.28. The van der Waals surface area contributed by atoms with Crippen molar-refractivity contribution in [2.75, 3.05) is 7.11 Å². The number of H-pyrrole nitrogens is 1. The quantitative estimate of drug-likeness (QED) is 0.629. The number of ether oxygens (including phenoxy) is 2. The van der Waals surface area contributed by atoms with Gasteiger partial charge in [0.25, 0.3) is 5.91 Å². The Balaban J connectivity index is 2.56. The molecule has 8 nitrogen and oxygen atoms in total. The van der Waals surface area contributed by atoms with E-state index in [9.17, 15) is 9.59 Å². The van der Waals surface area contributed by atoms with Crippen LogP contribution in [0.15, 0.2) is 16.6 Å². The third-order valence-corrected chi connectivity index (χ3v) is 3.12.